The van der Waals surface area contributed by atoms with Gasteiger partial charge in [0.05, 0.1) is 17.1 Å². The summed E-state index contributed by atoms with van der Waals surface area (Å²) in [6, 6.07) is 15.7. The average Bonchev–Trinajstić information content (AvgIpc) is 3.33. The van der Waals surface area contributed by atoms with Crippen LogP contribution in [0.25, 0.3) is 21.8 Å². The summed E-state index contributed by atoms with van der Waals surface area (Å²) in [5.74, 6) is -0.809. The molecule has 0 bridgehead atoms. The van der Waals surface area contributed by atoms with Crippen LogP contribution in [0.3, 0.4) is 0 Å². The molecule has 1 aliphatic carbocycles. The summed E-state index contributed by atoms with van der Waals surface area (Å²) in [5.41, 5.74) is 3.13. The number of carboxylic acids is 1. The third kappa shape index (κ3) is 2.90. The van der Waals surface area contributed by atoms with Gasteiger partial charge in [0.1, 0.15) is 0 Å². The van der Waals surface area contributed by atoms with Crippen molar-refractivity contribution in [2.24, 2.45) is 5.41 Å². The highest BCUT2D eigenvalue weighted by Crippen LogP contribution is 2.59. The number of rotatable bonds is 4. The van der Waals surface area contributed by atoms with E-state index in [1.54, 1.807) is 13.0 Å². The predicted molar refractivity (Wildman–Crippen MR) is 116 cm³/mol. The summed E-state index contributed by atoms with van der Waals surface area (Å²) in [4.78, 5) is 16.2. The lowest BCUT2D eigenvalue weighted by Crippen LogP contribution is -2.12. The molecule has 1 aliphatic rings. The number of pyridine rings is 1. The Morgan fingerprint density at radius 3 is 2.72 bits per heavy atom. The van der Waals surface area contributed by atoms with Gasteiger partial charge in [0.25, 0.3) is 0 Å². The van der Waals surface area contributed by atoms with Gasteiger partial charge in [0, 0.05) is 44.5 Å². The van der Waals surface area contributed by atoms with Gasteiger partial charge >= 0.3 is 5.97 Å². The number of carboxylic acid groups (broad SMARTS) is 1. The molecule has 2 unspecified atom stereocenters. The fourth-order valence-electron chi connectivity index (χ4n) is 4.19. The third-order valence-corrected chi connectivity index (χ3v) is 6.70. The lowest BCUT2D eigenvalue weighted by Gasteiger charge is -2.10. The van der Waals surface area contributed by atoms with Crippen LogP contribution in [-0.4, -0.2) is 20.6 Å². The highest BCUT2D eigenvalue weighted by molar-refractivity contribution is 6.33. The van der Waals surface area contributed by atoms with Gasteiger partial charge in [-0.15, -0.1) is 0 Å². The molecule has 0 aliphatic heterocycles. The summed E-state index contributed by atoms with van der Waals surface area (Å²) in [6.07, 6.45) is 2.47. The number of aromatic nitrogens is 2. The molecule has 2 aromatic carbocycles. The molecule has 146 valence electrons. The van der Waals surface area contributed by atoms with E-state index in [1.807, 2.05) is 36.5 Å². The van der Waals surface area contributed by atoms with Gasteiger partial charge in [0.2, 0.25) is 0 Å². The van der Waals surface area contributed by atoms with Crippen LogP contribution in [0, 0.1) is 5.41 Å². The van der Waals surface area contributed by atoms with E-state index in [2.05, 4.69) is 21.7 Å². The normalized spacial score (nSPS) is 21.0. The van der Waals surface area contributed by atoms with Crippen molar-refractivity contribution in [1.82, 2.24) is 9.55 Å². The summed E-state index contributed by atoms with van der Waals surface area (Å²) in [7, 11) is 0. The van der Waals surface area contributed by atoms with Crippen molar-refractivity contribution in [3.8, 4) is 0 Å². The molecule has 1 saturated carbocycles. The molecule has 0 amide bonds. The molecular formula is C23H18Cl2N2O2. The quantitative estimate of drug-likeness (QED) is 0.428. The van der Waals surface area contributed by atoms with Crippen LogP contribution in [0.15, 0.2) is 54.7 Å². The van der Waals surface area contributed by atoms with Crippen LogP contribution in [-0.2, 0) is 11.3 Å². The van der Waals surface area contributed by atoms with Gasteiger partial charge in [-0.2, -0.15) is 0 Å². The number of carbonyl (C=O) groups is 1. The number of halogens is 2. The van der Waals surface area contributed by atoms with Crippen molar-refractivity contribution < 1.29 is 9.90 Å². The monoisotopic (exact) mass is 424 g/mol. The molecule has 0 radical (unpaired) electrons. The lowest BCUT2D eigenvalue weighted by molar-refractivity contribution is -0.142. The van der Waals surface area contributed by atoms with Crippen LogP contribution >= 0.6 is 23.2 Å². The maximum absolute atomic E-state index is 11.6. The van der Waals surface area contributed by atoms with E-state index >= 15 is 0 Å². The zero-order valence-electron chi connectivity index (χ0n) is 15.7. The Hall–Kier alpha value is -2.56. The average molecular weight is 425 g/mol. The molecule has 6 heteroatoms. The van der Waals surface area contributed by atoms with Gasteiger partial charge < -0.3 is 9.67 Å². The van der Waals surface area contributed by atoms with E-state index in [9.17, 15) is 9.90 Å². The second-order valence-corrected chi connectivity index (χ2v) is 8.79. The molecule has 4 aromatic rings. The van der Waals surface area contributed by atoms with Crippen molar-refractivity contribution in [3.63, 3.8) is 0 Å². The molecule has 0 saturated heterocycles. The molecule has 2 atom stereocenters. The van der Waals surface area contributed by atoms with Gasteiger partial charge in [0.15, 0.2) is 0 Å². The van der Waals surface area contributed by atoms with Crippen molar-refractivity contribution in [2.75, 3.05) is 0 Å². The number of para-hydroxylation sites is 1. The minimum Gasteiger partial charge on any atom is -0.481 e. The summed E-state index contributed by atoms with van der Waals surface area (Å²) in [5, 5.41) is 13.0. The summed E-state index contributed by atoms with van der Waals surface area (Å²) in [6.45, 7) is 2.36. The number of hydrogen-bond donors (Lipinski definition) is 1. The molecule has 4 nitrogen and oxygen atoms in total. The maximum Gasteiger partial charge on any atom is 0.310 e. The second-order valence-electron chi connectivity index (χ2n) is 7.94. The van der Waals surface area contributed by atoms with Crippen molar-refractivity contribution in [2.45, 2.75) is 25.8 Å². The van der Waals surface area contributed by atoms with E-state index in [1.165, 1.54) is 0 Å². The number of nitrogens with zero attached hydrogens (tertiary/aromatic N) is 2. The van der Waals surface area contributed by atoms with E-state index in [-0.39, 0.29) is 5.92 Å². The lowest BCUT2D eigenvalue weighted by atomic mass is 10.0. The molecule has 2 aromatic heterocycles. The minimum absolute atomic E-state index is 0.0473. The Labute approximate surface area is 177 Å². The number of fused-ring (bicyclic) bond motifs is 3. The van der Waals surface area contributed by atoms with Crippen LogP contribution < -0.4 is 0 Å². The topological polar surface area (TPSA) is 55.1 Å². The van der Waals surface area contributed by atoms with Crippen molar-refractivity contribution in [1.29, 1.82) is 0 Å². The highest BCUT2D eigenvalue weighted by Gasteiger charge is 2.58. The molecule has 5 rings (SSSR count). The van der Waals surface area contributed by atoms with E-state index in [0.717, 1.165) is 33.1 Å². The fourth-order valence-corrected chi connectivity index (χ4v) is 4.56. The first-order valence-electron chi connectivity index (χ1n) is 9.43. The first-order valence-corrected chi connectivity index (χ1v) is 10.2. The van der Waals surface area contributed by atoms with E-state index < -0.39 is 11.4 Å². The smallest absolute Gasteiger partial charge is 0.310 e. The fraction of sp³-hybridized carbons (Fsp3) is 0.217. The zero-order valence-corrected chi connectivity index (χ0v) is 17.2. The predicted octanol–water partition coefficient (Wildman–Crippen LogP) is 6.12. The van der Waals surface area contributed by atoms with Gasteiger partial charge in [-0.25, -0.2) is 0 Å². The largest absolute Gasteiger partial charge is 0.481 e. The van der Waals surface area contributed by atoms with Crippen molar-refractivity contribution >= 4 is 51.0 Å². The standard InChI is InChI=1S/C23H18Cl2N2O2/c1-23(22(28)29)10-17(23)19-9-16-15-4-2-3-5-20(15)27(21(16)11-26-19)12-13-8-14(24)6-7-18(13)25/h2-9,11,17H,10,12H2,1H3,(H,28,29). The first kappa shape index (κ1) is 18.5. The number of hydrogen-bond acceptors (Lipinski definition) is 2. The van der Waals surface area contributed by atoms with E-state index in [4.69, 9.17) is 23.2 Å². The van der Waals surface area contributed by atoms with Crippen LogP contribution in [0.1, 0.15) is 30.5 Å². The zero-order chi connectivity index (χ0) is 20.3. The van der Waals surface area contributed by atoms with Crippen LogP contribution in [0.2, 0.25) is 10.0 Å². The van der Waals surface area contributed by atoms with E-state index in [0.29, 0.717) is 23.0 Å². The molecule has 1 fully saturated rings. The van der Waals surface area contributed by atoms with Crippen LogP contribution in [0.4, 0.5) is 0 Å². The first-order chi connectivity index (χ1) is 13.9. The maximum atomic E-state index is 11.6. The number of benzene rings is 2. The second kappa shape index (κ2) is 6.48. The minimum atomic E-state index is -0.762. The molecule has 29 heavy (non-hydrogen) atoms. The molecular weight excluding hydrogens is 407 g/mol. The van der Waals surface area contributed by atoms with Crippen molar-refractivity contribution in [3.05, 3.63) is 76.0 Å². The highest BCUT2D eigenvalue weighted by atomic mass is 35.5. The Morgan fingerprint density at radius 2 is 1.97 bits per heavy atom. The van der Waals surface area contributed by atoms with Gasteiger partial charge in [-0.05, 0) is 49.2 Å². The Bertz CT molecular complexity index is 1300. The van der Waals surface area contributed by atoms with Gasteiger partial charge in [-0.3, -0.25) is 9.78 Å². The summed E-state index contributed by atoms with van der Waals surface area (Å²) < 4.78 is 2.18. The SMILES string of the molecule is CC1(C(=O)O)CC1c1cc2c3ccccc3n(Cc3cc(Cl)ccc3Cl)c2cn1. The summed E-state index contributed by atoms with van der Waals surface area (Å²) >= 11 is 12.6. The molecule has 0 spiro atoms. The van der Waals surface area contributed by atoms with Crippen LogP contribution in [0.5, 0.6) is 0 Å². The van der Waals surface area contributed by atoms with Gasteiger partial charge in [-0.1, -0.05) is 41.4 Å². The number of aliphatic carboxylic acids is 1. The Kier molecular flexibility index (Phi) is 4.12. The third-order valence-electron chi connectivity index (χ3n) is 6.10. The Morgan fingerprint density at radius 1 is 1.17 bits per heavy atom. The molecule has 2 heterocycles. The molecule has 1 N–H and O–H groups in total. The Balaban J connectivity index is 1.66.